The van der Waals surface area contributed by atoms with Gasteiger partial charge in [0, 0.05) is 19.6 Å². The van der Waals surface area contributed by atoms with Crippen LogP contribution in [0.1, 0.15) is 5.56 Å². The minimum absolute atomic E-state index is 0.0323. The van der Waals surface area contributed by atoms with Crippen molar-refractivity contribution < 1.29 is 14.3 Å². The minimum Gasteiger partial charge on any atom is -0.497 e. The molecule has 9 nitrogen and oxygen atoms in total. The van der Waals surface area contributed by atoms with Crippen LogP contribution in [0.2, 0.25) is 0 Å². The number of thioether (sulfide) groups is 1. The molecule has 0 spiro atoms. The van der Waals surface area contributed by atoms with Crippen molar-refractivity contribution in [3.63, 3.8) is 0 Å². The molecule has 2 aromatic heterocycles. The lowest BCUT2D eigenvalue weighted by atomic mass is 10.1. The van der Waals surface area contributed by atoms with E-state index in [2.05, 4.69) is 20.3 Å². The number of nitrogens with zero attached hydrogens (tertiary/aromatic N) is 5. The van der Waals surface area contributed by atoms with E-state index in [4.69, 9.17) is 14.5 Å². The fraction of sp³-hybridized carbons (Fsp3) is 0.429. The van der Waals surface area contributed by atoms with Crippen LogP contribution < -0.4 is 15.0 Å². The summed E-state index contributed by atoms with van der Waals surface area (Å²) in [6.45, 7) is 3.98. The molecular formula is C21H26N6O3S. The Kier molecular flexibility index (Phi) is 6.88. The zero-order valence-corrected chi connectivity index (χ0v) is 18.5. The van der Waals surface area contributed by atoms with Crippen LogP contribution in [0.3, 0.4) is 0 Å². The van der Waals surface area contributed by atoms with E-state index in [1.807, 2.05) is 41.4 Å². The van der Waals surface area contributed by atoms with Gasteiger partial charge in [0.2, 0.25) is 5.91 Å². The number of benzene rings is 1. The van der Waals surface area contributed by atoms with Gasteiger partial charge in [0.15, 0.2) is 10.8 Å². The first-order valence-electron chi connectivity index (χ1n) is 10.2. The molecule has 0 radical (unpaired) electrons. The number of carbonyl (C=O) groups excluding carboxylic acids is 1. The molecule has 1 saturated heterocycles. The summed E-state index contributed by atoms with van der Waals surface area (Å²) in [4.78, 5) is 23.9. The van der Waals surface area contributed by atoms with Gasteiger partial charge in [-0.25, -0.2) is 14.6 Å². The summed E-state index contributed by atoms with van der Waals surface area (Å²) >= 11 is 1.51. The standard InChI is InChI=1S/C21H26N6O3S/c1-29-16-5-3-15(4-6-16)13-18(28)22-7-8-27-20-17(14-23-27)19(24-21(25-20)31-2)26-9-11-30-12-10-26/h3-6,14H,7-13H2,1-2H3,(H,22,28). The molecule has 1 fully saturated rings. The van der Waals surface area contributed by atoms with Gasteiger partial charge >= 0.3 is 0 Å². The van der Waals surface area contributed by atoms with E-state index < -0.39 is 0 Å². The number of morpholine rings is 1. The molecule has 0 unspecified atom stereocenters. The van der Waals surface area contributed by atoms with Crippen LogP contribution in [0.5, 0.6) is 5.75 Å². The molecule has 0 saturated carbocycles. The van der Waals surface area contributed by atoms with E-state index in [0.717, 1.165) is 41.3 Å². The average Bonchev–Trinajstić information content (AvgIpc) is 3.22. The third-order valence-corrected chi connectivity index (χ3v) is 5.67. The zero-order chi connectivity index (χ0) is 21.6. The van der Waals surface area contributed by atoms with E-state index in [9.17, 15) is 4.79 Å². The molecule has 1 N–H and O–H groups in total. The molecule has 0 atom stereocenters. The first-order valence-corrected chi connectivity index (χ1v) is 11.4. The summed E-state index contributed by atoms with van der Waals surface area (Å²) < 4.78 is 12.4. The van der Waals surface area contributed by atoms with Crippen molar-refractivity contribution in [1.82, 2.24) is 25.1 Å². The number of hydrogen-bond acceptors (Lipinski definition) is 8. The van der Waals surface area contributed by atoms with Gasteiger partial charge in [0.1, 0.15) is 11.6 Å². The predicted molar refractivity (Wildman–Crippen MR) is 120 cm³/mol. The SMILES string of the molecule is COc1ccc(CC(=O)NCCn2ncc3c(N4CCOCC4)nc(SC)nc32)cc1. The van der Waals surface area contributed by atoms with Crippen molar-refractivity contribution in [2.45, 2.75) is 18.1 Å². The van der Waals surface area contributed by atoms with E-state index in [0.29, 0.717) is 37.9 Å². The molecule has 1 aromatic carbocycles. The Morgan fingerprint density at radius 1 is 1.23 bits per heavy atom. The van der Waals surface area contributed by atoms with Crippen molar-refractivity contribution in [3.05, 3.63) is 36.0 Å². The smallest absolute Gasteiger partial charge is 0.224 e. The number of carbonyl (C=O) groups is 1. The molecule has 10 heteroatoms. The number of nitrogens with one attached hydrogen (secondary N) is 1. The second kappa shape index (κ2) is 9.97. The third-order valence-electron chi connectivity index (χ3n) is 5.12. The number of fused-ring (bicyclic) bond motifs is 1. The Labute approximate surface area is 185 Å². The molecule has 0 bridgehead atoms. The maximum absolute atomic E-state index is 12.3. The topological polar surface area (TPSA) is 94.4 Å². The maximum Gasteiger partial charge on any atom is 0.224 e. The Morgan fingerprint density at radius 3 is 2.71 bits per heavy atom. The predicted octanol–water partition coefficient (Wildman–Crippen LogP) is 1.75. The van der Waals surface area contributed by atoms with E-state index in [-0.39, 0.29) is 5.91 Å². The van der Waals surface area contributed by atoms with Gasteiger partial charge in [-0.1, -0.05) is 23.9 Å². The van der Waals surface area contributed by atoms with E-state index >= 15 is 0 Å². The van der Waals surface area contributed by atoms with Crippen molar-refractivity contribution in [2.75, 3.05) is 51.1 Å². The van der Waals surface area contributed by atoms with Crippen LogP contribution in [0.15, 0.2) is 35.6 Å². The second-order valence-electron chi connectivity index (χ2n) is 7.11. The molecule has 3 aromatic rings. The van der Waals surface area contributed by atoms with Crippen LogP contribution in [0, 0.1) is 0 Å². The number of rotatable bonds is 8. The highest BCUT2D eigenvalue weighted by molar-refractivity contribution is 7.98. The van der Waals surface area contributed by atoms with Crippen LogP contribution >= 0.6 is 11.8 Å². The number of amides is 1. The largest absolute Gasteiger partial charge is 0.497 e. The number of methoxy groups -OCH3 is 1. The highest BCUT2D eigenvalue weighted by Gasteiger charge is 2.20. The van der Waals surface area contributed by atoms with Crippen molar-refractivity contribution in [1.29, 1.82) is 0 Å². The lowest BCUT2D eigenvalue weighted by Crippen LogP contribution is -2.37. The molecular weight excluding hydrogens is 416 g/mol. The summed E-state index contributed by atoms with van der Waals surface area (Å²) in [5.74, 6) is 1.64. The average molecular weight is 443 g/mol. The molecule has 1 aliphatic rings. The van der Waals surface area contributed by atoms with Crippen LogP contribution in [-0.2, 0) is 22.5 Å². The van der Waals surface area contributed by atoms with Crippen LogP contribution in [0.4, 0.5) is 5.82 Å². The van der Waals surface area contributed by atoms with Gasteiger partial charge in [0.05, 0.1) is 44.9 Å². The molecule has 31 heavy (non-hydrogen) atoms. The van der Waals surface area contributed by atoms with Crippen molar-refractivity contribution >= 4 is 34.5 Å². The Balaban J connectivity index is 1.41. The fourth-order valence-corrected chi connectivity index (χ4v) is 3.84. The molecule has 4 rings (SSSR count). The molecule has 1 amide bonds. The zero-order valence-electron chi connectivity index (χ0n) is 17.7. The number of ether oxygens (including phenoxy) is 2. The highest BCUT2D eigenvalue weighted by Crippen LogP contribution is 2.27. The van der Waals surface area contributed by atoms with Crippen molar-refractivity contribution in [3.8, 4) is 5.75 Å². The summed E-state index contributed by atoms with van der Waals surface area (Å²) in [6, 6.07) is 7.50. The lowest BCUT2D eigenvalue weighted by molar-refractivity contribution is -0.120. The molecule has 1 aliphatic heterocycles. The van der Waals surface area contributed by atoms with E-state index in [1.165, 1.54) is 11.8 Å². The Bertz CT molecular complexity index is 1030. The van der Waals surface area contributed by atoms with Crippen LogP contribution in [0.25, 0.3) is 11.0 Å². The van der Waals surface area contributed by atoms with Gasteiger partial charge < -0.3 is 19.7 Å². The van der Waals surface area contributed by atoms with Gasteiger partial charge in [-0.3, -0.25) is 4.79 Å². The first kappa shape index (κ1) is 21.4. The number of aromatic nitrogens is 4. The first-order chi connectivity index (χ1) is 15.2. The summed E-state index contributed by atoms with van der Waals surface area (Å²) in [5.41, 5.74) is 1.72. The minimum atomic E-state index is -0.0323. The number of hydrogen-bond donors (Lipinski definition) is 1. The molecule has 0 aliphatic carbocycles. The highest BCUT2D eigenvalue weighted by atomic mass is 32.2. The third kappa shape index (κ3) is 5.08. The number of anilines is 1. The quantitative estimate of drug-likeness (QED) is 0.417. The fourth-order valence-electron chi connectivity index (χ4n) is 3.48. The van der Waals surface area contributed by atoms with Gasteiger partial charge in [0.25, 0.3) is 0 Å². The summed E-state index contributed by atoms with van der Waals surface area (Å²) in [5, 5.41) is 9.10. The van der Waals surface area contributed by atoms with Gasteiger partial charge in [-0.15, -0.1) is 0 Å². The van der Waals surface area contributed by atoms with Crippen LogP contribution in [-0.4, -0.2) is 71.9 Å². The summed E-state index contributed by atoms with van der Waals surface area (Å²) in [7, 11) is 1.62. The molecule has 3 heterocycles. The van der Waals surface area contributed by atoms with Gasteiger partial charge in [-0.2, -0.15) is 5.10 Å². The summed E-state index contributed by atoms with van der Waals surface area (Å²) in [6.07, 6.45) is 4.09. The monoisotopic (exact) mass is 442 g/mol. The van der Waals surface area contributed by atoms with Crippen molar-refractivity contribution in [2.24, 2.45) is 0 Å². The second-order valence-corrected chi connectivity index (χ2v) is 7.89. The lowest BCUT2D eigenvalue weighted by Gasteiger charge is -2.28. The van der Waals surface area contributed by atoms with Gasteiger partial charge in [-0.05, 0) is 24.0 Å². The van der Waals surface area contributed by atoms with E-state index in [1.54, 1.807) is 7.11 Å². The maximum atomic E-state index is 12.3. The molecule has 164 valence electrons. The Hall–Kier alpha value is -2.85. The Morgan fingerprint density at radius 2 is 2.00 bits per heavy atom. The normalized spacial score (nSPS) is 14.1.